The van der Waals surface area contributed by atoms with Crippen molar-refractivity contribution >= 4 is 35.1 Å². The van der Waals surface area contributed by atoms with Crippen molar-refractivity contribution < 1.29 is 28.8 Å². The van der Waals surface area contributed by atoms with Crippen molar-refractivity contribution in [1.82, 2.24) is 5.06 Å². The monoisotopic (exact) mass is 345 g/mol. The molecular weight excluding hydrogens is 334 g/mol. The highest BCUT2D eigenvalue weighted by Crippen LogP contribution is 2.26. The molecule has 0 atom stereocenters. The van der Waals surface area contributed by atoms with E-state index in [4.69, 9.17) is 4.84 Å². The molecule has 0 unspecified atom stereocenters. The van der Waals surface area contributed by atoms with Gasteiger partial charge in [-0.3, -0.25) is 9.59 Å². The second-order valence-corrected chi connectivity index (χ2v) is 6.16. The average Bonchev–Trinajstić information content (AvgIpc) is 3.08. The fourth-order valence-corrected chi connectivity index (χ4v) is 3.19. The number of imide groups is 1. The quantitative estimate of drug-likeness (QED) is 0.626. The third-order valence-electron chi connectivity index (χ3n) is 3.46. The third-order valence-corrected chi connectivity index (χ3v) is 4.49. The number of aryl methyl sites for hydroxylation is 1. The molecule has 1 aliphatic rings. The zero-order valence-corrected chi connectivity index (χ0v) is 13.5. The minimum Gasteiger partial charge on any atom is -0.465 e. The first-order valence-electron chi connectivity index (χ1n) is 6.83. The van der Waals surface area contributed by atoms with E-state index in [2.05, 4.69) is 4.74 Å². The van der Waals surface area contributed by atoms with Gasteiger partial charge in [-0.2, -0.15) is 0 Å². The van der Waals surface area contributed by atoms with Crippen LogP contribution in [0.15, 0.2) is 30.3 Å². The Bertz CT molecular complexity index is 849. The molecule has 7 nitrogen and oxygen atoms in total. The van der Waals surface area contributed by atoms with Crippen molar-refractivity contribution in [2.75, 3.05) is 7.11 Å². The van der Waals surface area contributed by atoms with Gasteiger partial charge in [-0.05, 0) is 25.1 Å². The predicted molar refractivity (Wildman–Crippen MR) is 82.8 cm³/mol. The molecule has 1 aromatic carbocycles. The van der Waals surface area contributed by atoms with E-state index in [0.717, 1.165) is 11.3 Å². The van der Waals surface area contributed by atoms with Gasteiger partial charge in [0, 0.05) is 4.88 Å². The zero-order chi connectivity index (χ0) is 17.4. The molecule has 0 N–H and O–H groups in total. The Hall–Kier alpha value is -3.00. The smallest absolute Gasteiger partial charge is 0.365 e. The van der Waals surface area contributed by atoms with Gasteiger partial charge in [0.05, 0.1) is 23.8 Å². The van der Waals surface area contributed by atoms with Crippen LogP contribution in [0.4, 0.5) is 0 Å². The fourth-order valence-electron chi connectivity index (χ4n) is 2.27. The molecule has 0 spiro atoms. The molecule has 0 radical (unpaired) electrons. The number of benzene rings is 1. The van der Waals surface area contributed by atoms with Crippen molar-refractivity contribution in [1.29, 1.82) is 0 Å². The van der Waals surface area contributed by atoms with E-state index < -0.39 is 23.8 Å². The molecule has 2 aromatic rings. The lowest BCUT2D eigenvalue weighted by atomic mass is 10.1. The minimum atomic E-state index is -0.895. The van der Waals surface area contributed by atoms with Gasteiger partial charge in [0.1, 0.15) is 4.88 Å². The average molecular weight is 345 g/mol. The van der Waals surface area contributed by atoms with Gasteiger partial charge in [-0.1, -0.05) is 17.2 Å². The Balaban J connectivity index is 1.84. The van der Waals surface area contributed by atoms with Gasteiger partial charge < -0.3 is 9.57 Å². The number of amides is 2. The SMILES string of the molecule is COC(=O)c1cc(C(=O)ON2C(=O)c3ccccc3C2=O)c(C)s1. The van der Waals surface area contributed by atoms with Gasteiger partial charge in [-0.25, -0.2) is 9.59 Å². The summed E-state index contributed by atoms with van der Waals surface area (Å²) in [5, 5.41) is 0.432. The summed E-state index contributed by atoms with van der Waals surface area (Å²) in [6, 6.07) is 7.50. The summed E-state index contributed by atoms with van der Waals surface area (Å²) in [5.74, 6) is -2.88. The number of thiophene rings is 1. The van der Waals surface area contributed by atoms with E-state index in [0.29, 0.717) is 9.94 Å². The highest BCUT2D eigenvalue weighted by Gasteiger charge is 2.39. The number of hydroxylamine groups is 2. The Morgan fingerprint density at radius 3 is 2.17 bits per heavy atom. The van der Waals surface area contributed by atoms with Crippen LogP contribution >= 0.6 is 11.3 Å². The molecule has 0 aliphatic carbocycles. The fraction of sp³-hybridized carbons (Fsp3) is 0.125. The lowest BCUT2D eigenvalue weighted by Gasteiger charge is -2.12. The molecule has 0 saturated heterocycles. The van der Waals surface area contributed by atoms with Crippen molar-refractivity contribution in [3.63, 3.8) is 0 Å². The number of carbonyl (C=O) groups excluding carboxylic acids is 4. The number of fused-ring (bicyclic) bond motifs is 1. The van der Waals surface area contributed by atoms with Crippen molar-refractivity contribution in [3.8, 4) is 0 Å². The summed E-state index contributed by atoms with van der Waals surface area (Å²) in [6.45, 7) is 1.62. The van der Waals surface area contributed by atoms with E-state index >= 15 is 0 Å². The van der Waals surface area contributed by atoms with E-state index in [1.807, 2.05) is 0 Å². The Labute approximate surface area is 140 Å². The number of ether oxygens (including phenoxy) is 1. The molecule has 2 heterocycles. The lowest BCUT2D eigenvalue weighted by Crippen LogP contribution is -2.32. The van der Waals surface area contributed by atoms with Crippen LogP contribution in [0.3, 0.4) is 0 Å². The summed E-state index contributed by atoms with van der Waals surface area (Å²) in [4.78, 5) is 53.8. The molecule has 0 bridgehead atoms. The standard InChI is InChI=1S/C16H11NO6S/c1-8-11(7-12(24-8)16(21)22-2)15(20)23-17-13(18)9-5-3-4-6-10(9)14(17)19/h3-7H,1-2H3. The number of esters is 1. The summed E-state index contributed by atoms with van der Waals surface area (Å²) in [5.41, 5.74) is 0.442. The number of carbonyl (C=O) groups is 4. The Morgan fingerprint density at radius 2 is 1.62 bits per heavy atom. The molecule has 3 rings (SSSR count). The van der Waals surface area contributed by atoms with Crippen LogP contribution in [0, 0.1) is 6.92 Å². The van der Waals surface area contributed by atoms with Crippen LogP contribution < -0.4 is 0 Å². The number of rotatable bonds is 3. The van der Waals surface area contributed by atoms with Crippen molar-refractivity contribution in [3.05, 3.63) is 56.8 Å². The first kappa shape index (κ1) is 15.9. The van der Waals surface area contributed by atoms with Crippen LogP contribution in [0.1, 0.15) is 45.6 Å². The maximum absolute atomic E-state index is 12.3. The topological polar surface area (TPSA) is 90.0 Å². The zero-order valence-electron chi connectivity index (χ0n) is 12.7. The van der Waals surface area contributed by atoms with Gasteiger partial charge >= 0.3 is 11.9 Å². The van der Waals surface area contributed by atoms with Crippen LogP contribution in [-0.2, 0) is 9.57 Å². The van der Waals surface area contributed by atoms with Crippen molar-refractivity contribution in [2.24, 2.45) is 0 Å². The summed E-state index contributed by atoms with van der Waals surface area (Å²) >= 11 is 1.06. The van der Waals surface area contributed by atoms with E-state index in [-0.39, 0.29) is 21.6 Å². The lowest BCUT2D eigenvalue weighted by molar-refractivity contribution is -0.0584. The van der Waals surface area contributed by atoms with E-state index in [9.17, 15) is 19.2 Å². The molecule has 24 heavy (non-hydrogen) atoms. The molecule has 122 valence electrons. The maximum Gasteiger partial charge on any atom is 0.365 e. The second-order valence-electron chi connectivity index (χ2n) is 4.90. The third kappa shape index (κ3) is 2.46. The molecular formula is C16H11NO6S. The highest BCUT2D eigenvalue weighted by molar-refractivity contribution is 7.14. The second kappa shape index (κ2) is 5.89. The van der Waals surface area contributed by atoms with Gasteiger partial charge in [0.2, 0.25) is 0 Å². The minimum absolute atomic E-state index is 0.0944. The number of hydrogen-bond donors (Lipinski definition) is 0. The molecule has 1 aliphatic heterocycles. The largest absolute Gasteiger partial charge is 0.465 e. The first-order valence-corrected chi connectivity index (χ1v) is 7.64. The maximum atomic E-state index is 12.3. The molecule has 0 fully saturated rings. The van der Waals surface area contributed by atoms with Crippen LogP contribution in [0.25, 0.3) is 0 Å². The number of methoxy groups -OCH3 is 1. The summed E-state index contributed by atoms with van der Waals surface area (Å²) in [7, 11) is 1.23. The Morgan fingerprint density at radius 1 is 1.04 bits per heavy atom. The molecule has 2 amide bonds. The van der Waals surface area contributed by atoms with Crippen LogP contribution in [0.2, 0.25) is 0 Å². The van der Waals surface area contributed by atoms with Gasteiger partial charge in [0.25, 0.3) is 11.8 Å². The predicted octanol–water partition coefficient (Wildman–Crippen LogP) is 2.21. The molecule has 8 heteroatoms. The van der Waals surface area contributed by atoms with Crippen molar-refractivity contribution in [2.45, 2.75) is 6.92 Å². The van der Waals surface area contributed by atoms with Crippen LogP contribution in [-0.4, -0.2) is 35.9 Å². The van der Waals surface area contributed by atoms with Gasteiger partial charge in [-0.15, -0.1) is 11.3 Å². The van der Waals surface area contributed by atoms with E-state index in [1.165, 1.54) is 25.3 Å². The van der Waals surface area contributed by atoms with Gasteiger partial charge in [0.15, 0.2) is 0 Å². The van der Waals surface area contributed by atoms with Crippen LogP contribution in [0.5, 0.6) is 0 Å². The summed E-state index contributed by atoms with van der Waals surface area (Å²) in [6.07, 6.45) is 0. The highest BCUT2D eigenvalue weighted by atomic mass is 32.1. The van der Waals surface area contributed by atoms with E-state index in [1.54, 1.807) is 19.1 Å². The Kier molecular flexibility index (Phi) is 3.90. The first-order chi connectivity index (χ1) is 11.4. The molecule has 0 saturated carbocycles. The normalized spacial score (nSPS) is 13.0. The summed E-state index contributed by atoms with van der Waals surface area (Å²) < 4.78 is 4.59. The number of hydrogen-bond acceptors (Lipinski definition) is 7. The number of nitrogens with zero attached hydrogens (tertiary/aromatic N) is 1. The molecule has 1 aromatic heterocycles.